The molecule has 0 bridgehead atoms. The van der Waals surface area contributed by atoms with Gasteiger partial charge in [-0.15, -0.1) is 0 Å². The number of carboxylic acids is 1. The average Bonchev–Trinajstić information content (AvgIpc) is 2.97. The van der Waals surface area contributed by atoms with E-state index in [9.17, 15) is 9.90 Å². The standard InChI is InChI=1S/C18H27NO2/c1-13(2)11-17(18(20)21)19-12-14-7-9-16(10-8-14)15-5-3-4-6-15/h7-10,13,15,17,19H,3-6,11-12H2,1-2H3,(H,20,21)/t17-/m1/s1. The van der Waals surface area contributed by atoms with Gasteiger partial charge in [-0.3, -0.25) is 4.79 Å². The molecule has 0 aliphatic heterocycles. The van der Waals surface area contributed by atoms with Crippen molar-refractivity contribution in [2.24, 2.45) is 5.92 Å². The zero-order chi connectivity index (χ0) is 15.2. The molecular formula is C18H27NO2. The zero-order valence-corrected chi connectivity index (χ0v) is 13.1. The summed E-state index contributed by atoms with van der Waals surface area (Å²) in [6.45, 7) is 4.72. The van der Waals surface area contributed by atoms with E-state index in [1.54, 1.807) is 0 Å². The Bertz CT molecular complexity index is 447. The summed E-state index contributed by atoms with van der Waals surface area (Å²) < 4.78 is 0. The Morgan fingerprint density at radius 2 is 1.86 bits per heavy atom. The maximum Gasteiger partial charge on any atom is 0.320 e. The molecule has 0 heterocycles. The van der Waals surface area contributed by atoms with Crippen LogP contribution in [0.2, 0.25) is 0 Å². The lowest BCUT2D eigenvalue weighted by Gasteiger charge is -2.17. The van der Waals surface area contributed by atoms with Crippen LogP contribution >= 0.6 is 0 Å². The van der Waals surface area contributed by atoms with Gasteiger partial charge in [0.05, 0.1) is 0 Å². The van der Waals surface area contributed by atoms with Crippen LogP contribution in [-0.4, -0.2) is 17.1 Å². The number of hydrogen-bond donors (Lipinski definition) is 2. The predicted octanol–water partition coefficient (Wildman–Crippen LogP) is 3.93. The van der Waals surface area contributed by atoms with Gasteiger partial charge in [0.2, 0.25) is 0 Å². The Labute approximate surface area is 127 Å². The number of hydrogen-bond acceptors (Lipinski definition) is 2. The van der Waals surface area contributed by atoms with Crippen molar-refractivity contribution in [3.05, 3.63) is 35.4 Å². The van der Waals surface area contributed by atoms with Gasteiger partial charge in [-0.25, -0.2) is 0 Å². The van der Waals surface area contributed by atoms with Gasteiger partial charge in [-0.1, -0.05) is 51.0 Å². The minimum absolute atomic E-state index is 0.378. The van der Waals surface area contributed by atoms with E-state index in [0.717, 1.165) is 11.5 Å². The van der Waals surface area contributed by atoms with Gasteiger partial charge in [0.1, 0.15) is 6.04 Å². The molecule has 2 rings (SSSR count). The van der Waals surface area contributed by atoms with E-state index in [0.29, 0.717) is 18.9 Å². The summed E-state index contributed by atoms with van der Waals surface area (Å²) in [5, 5.41) is 12.4. The molecule has 0 unspecified atom stereocenters. The van der Waals surface area contributed by atoms with Crippen LogP contribution in [0.5, 0.6) is 0 Å². The quantitative estimate of drug-likeness (QED) is 0.799. The van der Waals surface area contributed by atoms with Crippen molar-refractivity contribution in [3.8, 4) is 0 Å². The molecule has 1 aromatic carbocycles. The van der Waals surface area contributed by atoms with Gasteiger partial charge in [-0.2, -0.15) is 0 Å². The minimum Gasteiger partial charge on any atom is -0.480 e. The van der Waals surface area contributed by atoms with Crippen LogP contribution in [0.25, 0.3) is 0 Å². The van der Waals surface area contributed by atoms with Crippen LogP contribution in [0.3, 0.4) is 0 Å². The number of benzene rings is 1. The lowest BCUT2D eigenvalue weighted by Crippen LogP contribution is -2.37. The predicted molar refractivity (Wildman–Crippen MR) is 85.4 cm³/mol. The highest BCUT2D eigenvalue weighted by molar-refractivity contribution is 5.73. The van der Waals surface area contributed by atoms with Gasteiger partial charge in [-0.05, 0) is 42.2 Å². The summed E-state index contributed by atoms with van der Waals surface area (Å²) in [4.78, 5) is 11.2. The molecule has 116 valence electrons. The third kappa shape index (κ3) is 4.85. The fourth-order valence-electron chi connectivity index (χ4n) is 3.15. The van der Waals surface area contributed by atoms with Gasteiger partial charge in [0, 0.05) is 6.54 Å². The molecule has 0 saturated heterocycles. The molecule has 0 aromatic heterocycles. The first-order valence-corrected chi connectivity index (χ1v) is 8.11. The van der Waals surface area contributed by atoms with Crippen LogP contribution < -0.4 is 5.32 Å². The van der Waals surface area contributed by atoms with Gasteiger partial charge < -0.3 is 10.4 Å². The van der Waals surface area contributed by atoms with Crippen LogP contribution in [0.1, 0.15) is 63.0 Å². The fourth-order valence-corrected chi connectivity index (χ4v) is 3.15. The average molecular weight is 289 g/mol. The van der Waals surface area contributed by atoms with Crippen molar-refractivity contribution < 1.29 is 9.90 Å². The number of carboxylic acid groups (broad SMARTS) is 1. The molecular weight excluding hydrogens is 262 g/mol. The molecule has 1 aliphatic rings. The molecule has 1 aliphatic carbocycles. The first kappa shape index (κ1) is 16.0. The molecule has 21 heavy (non-hydrogen) atoms. The van der Waals surface area contributed by atoms with Gasteiger partial charge in [0.15, 0.2) is 0 Å². The van der Waals surface area contributed by atoms with E-state index >= 15 is 0 Å². The molecule has 1 atom stereocenters. The van der Waals surface area contributed by atoms with E-state index in [-0.39, 0.29) is 0 Å². The third-order valence-corrected chi connectivity index (χ3v) is 4.36. The molecule has 0 radical (unpaired) electrons. The molecule has 1 fully saturated rings. The first-order chi connectivity index (χ1) is 10.1. The number of rotatable bonds is 7. The zero-order valence-electron chi connectivity index (χ0n) is 13.1. The Kier molecular flexibility index (Phi) is 5.80. The van der Waals surface area contributed by atoms with Crippen LogP contribution in [0.15, 0.2) is 24.3 Å². The Balaban J connectivity index is 1.88. The maximum atomic E-state index is 11.2. The van der Waals surface area contributed by atoms with E-state index in [4.69, 9.17) is 0 Å². The maximum absolute atomic E-state index is 11.2. The smallest absolute Gasteiger partial charge is 0.320 e. The van der Waals surface area contributed by atoms with Crippen molar-refractivity contribution in [2.45, 2.75) is 64.5 Å². The molecule has 3 heteroatoms. The van der Waals surface area contributed by atoms with Crippen molar-refractivity contribution in [1.29, 1.82) is 0 Å². The Morgan fingerprint density at radius 1 is 1.24 bits per heavy atom. The summed E-state index contributed by atoms with van der Waals surface area (Å²) in [5.74, 6) is 0.356. The highest BCUT2D eigenvalue weighted by Gasteiger charge is 2.19. The lowest BCUT2D eigenvalue weighted by molar-refractivity contribution is -0.140. The summed E-state index contributed by atoms with van der Waals surface area (Å²) in [7, 11) is 0. The van der Waals surface area contributed by atoms with E-state index in [1.807, 2.05) is 13.8 Å². The van der Waals surface area contributed by atoms with Crippen molar-refractivity contribution in [1.82, 2.24) is 5.32 Å². The van der Waals surface area contributed by atoms with E-state index < -0.39 is 12.0 Å². The number of nitrogens with one attached hydrogen (secondary N) is 1. The Hall–Kier alpha value is -1.35. The van der Waals surface area contributed by atoms with Crippen molar-refractivity contribution >= 4 is 5.97 Å². The SMILES string of the molecule is CC(C)C[C@@H](NCc1ccc(C2CCCC2)cc1)C(=O)O. The lowest BCUT2D eigenvalue weighted by atomic mass is 9.96. The van der Waals surface area contributed by atoms with Crippen LogP contribution in [-0.2, 0) is 11.3 Å². The second-order valence-electron chi connectivity index (χ2n) is 6.62. The molecule has 1 aromatic rings. The second-order valence-corrected chi connectivity index (χ2v) is 6.62. The summed E-state index contributed by atoms with van der Waals surface area (Å²) in [6, 6.07) is 8.24. The highest BCUT2D eigenvalue weighted by atomic mass is 16.4. The van der Waals surface area contributed by atoms with Crippen LogP contribution in [0.4, 0.5) is 0 Å². The molecule has 3 nitrogen and oxygen atoms in total. The fraction of sp³-hybridized carbons (Fsp3) is 0.611. The highest BCUT2D eigenvalue weighted by Crippen LogP contribution is 2.33. The second kappa shape index (κ2) is 7.60. The van der Waals surface area contributed by atoms with Crippen molar-refractivity contribution in [3.63, 3.8) is 0 Å². The first-order valence-electron chi connectivity index (χ1n) is 8.11. The number of carbonyl (C=O) groups is 1. The van der Waals surface area contributed by atoms with Gasteiger partial charge >= 0.3 is 5.97 Å². The summed E-state index contributed by atoms with van der Waals surface area (Å²) in [5.41, 5.74) is 2.60. The van der Waals surface area contributed by atoms with E-state index in [2.05, 4.69) is 29.6 Å². The molecule has 1 saturated carbocycles. The monoisotopic (exact) mass is 289 g/mol. The molecule has 0 spiro atoms. The van der Waals surface area contributed by atoms with Crippen molar-refractivity contribution in [2.75, 3.05) is 0 Å². The van der Waals surface area contributed by atoms with E-state index in [1.165, 1.54) is 31.2 Å². The number of aliphatic carboxylic acids is 1. The molecule has 2 N–H and O–H groups in total. The largest absolute Gasteiger partial charge is 0.480 e. The molecule has 0 amide bonds. The van der Waals surface area contributed by atoms with Gasteiger partial charge in [0.25, 0.3) is 0 Å². The summed E-state index contributed by atoms with van der Waals surface area (Å²) in [6.07, 6.45) is 5.99. The summed E-state index contributed by atoms with van der Waals surface area (Å²) >= 11 is 0. The Morgan fingerprint density at radius 3 is 2.38 bits per heavy atom. The van der Waals surface area contributed by atoms with Crippen LogP contribution in [0, 0.1) is 5.92 Å². The topological polar surface area (TPSA) is 49.3 Å². The minimum atomic E-state index is -0.758. The normalized spacial score (nSPS) is 17.3. The third-order valence-electron chi connectivity index (χ3n) is 4.36.